The summed E-state index contributed by atoms with van der Waals surface area (Å²) in [7, 11) is -0.791. The van der Waals surface area contributed by atoms with Crippen molar-refractivity contribution in [3.8, 4) is 0 Å². The molecule has 1 atom stereocenters. The minimum Gasteiger partial charge on any atom is -0.410 e. The van der Waals surface area contributed by atoms with Gasteiger partial charge < -0.3 is 4.43 Å². The van der Waals surface area contributed by atoms with Gasteiger partial charge in [-0.1, -0.05) is 84.1 Å². The molecule has 1 aromatic carbocycles. The molecule has 0 aliphatic carbocycles. The summed E-state index contributed by atoms with van der Waals surface area (Å²) in [4.78, 5) is 12.1. The van der Waals surface area contributed by atoms with Gasteiger partial charge >= 0.3 is 0 Å². The minimum absolute atomic E-state index is 0.0396. The summed E-state index contributed by atoms with van der Waals surface area (Å²) in [5.74, 6) is 0.229. The largest absolute Gasteiger partial charge is 0.410 e. The molecule has 0 spiro atoms. The number of allylic oxidation sites excluding steroid dienone is 1. The molecule has 2 nitrogen and oxygen atoms in total. The van der Waals surface area contributed by atoms with E-state index in [-0.39, 0.29) is 17.3 Å². The van der Waals surface area contributed by atoms with Crippen LogP contribution in [0.3, 0.4) is 0 Å². The molecule has 1 unspecified atom stereocenters. The Morgan fingerprint density at radius 1 is 1.11 bits per heavy atom. The second kappa shape index (κ2) is 12.3. The van der Waals surface area contributed by atoms with Crippen LogP contribution in [0.5, 0.6) is 0 Å². The van der Waals surface area contributed by atoms with Gasteiger partial charge in [0.2, 0.25) is 9.04 Å². The van der Waals surface area contributed by atoms with Crippen molar-refractivity contribution in [1.82, 2.24) is 0 Å². The van der Waals surface area contributed by atoms with Gasteiger partial charge in [-0.25, -0.2) is 0 Å². The monoisotopic (exact) mass is 387 g/mol. The number of carbonyl (C=O) groups excluding carboxylic acids is 1. The van der Waals surface area contributed by atoms with Crippen molar-refractivity contribution in [1.29, 1.82) is 0 Å². The van der Waals surface area contributed by atoms with Crippen molar-refractivity contribution in [3.05, 3.63) is 41.5 Å². The maximum absolute atomic E-state index is 12.1. The first-order chi connectivity index (χ1) is 12.7. The van der Waals surface area contributed by atoms with E-state index >= 15 is 0 Å². The predicted molar refractivity (Wildman–Crippen MR) is 119 cm³/mol. The third-order valence-electron chi connectivity index (χ3n) is 4.59. The van der Waals surface area contributed by atoms with Crippen molar-refractivity contribution in [3.63, 3.8) is 0 Å². The minimum atomic E-state index is -0.791. The lowest BCUT2D eigenvalue weighted by atomic mass is 9.84. The molecule has 0 aromatic heterocycles. The van der Waals surface area contributed by atoms with Crippen molar-refractivity contribution in [2.75, 3.05) is 0 Å². The third-order valence-corrected chi connectivity index (χ3v) is 5.30. The van der Waals surface area contributed by atoms with E-state index in [9.17, 15) is 4.79 Å². The Labute approximate surface area is 169 Å². The zero-order valence-electron chi connectivity index (χ0n) is 18.3. The van der Waals surface area contributed by atoms with E-state index in [4.69, 9.17) is 4.43 Å². The van der Waals surface area contributed by atoms with E-state index in [1.807, 2.05) is 6.08 Å². The Hall–Kier alpha value is -1.19. The van der Waals surface area contributed by atoms with Crippen LogP contribution in [0.4, 0.5) is 0 Å². The van der Waals surface area contributed by atoms with Crippen molar-refractivity contribution in [2.24, 2.45) is 5.41 Å². The maximum atomic E-state index is 12.1. The molecule has 0 bridgehead atoms. The maximum Gasteiger partial charge on any atom is 0.205 e. The molecule has 0 fully saturated rings. The van der Waals surface area contributed by atoms with E-state index in [1.165, 1.54) is 31.2 Å². The fourth-order valence-electron chi connectivity index (χ4n) is 3.16. The molecular weight excluding hydrogens is 348 g/mol. The van der Waals surface area contributed by atoms with E-state index in [1.54, 1.807) is 6.08 Å². The highest BCUT2D eigenvalue weighted by atomic mass is 28.3. The lowest BCUT2D eigenvalue weighted by Crippen LogP contribution is -2.25. The highest BCUT2D eigenvalue weighted by molar-refractivity contribution is 6.48. The molecule has 0 saturated carbocycles. The highest BCUT2D eigenvalue weighted by Gasteiger charge is 2.28. The Morgan fingerprint density at radius 3 is 2.41 bits per heavy atom. The first kappa shape index (κ1) is 23.8. The quantitative estimate of drug-likeness (QED) is 0.212. The Balaban J connectivity index is 2.64. The van der Waals surface area contributed by atoms with Gasteiger partial charge in [-0.3, -0.25) is 4.79 Å². The smallest absolute Gasteiger partial charge is 0.205 e. The summed E-state index contributed by atoms with van der Waals surface area (Å²) in [5.41, 5.74) is 2.31. The van der Waals surface area contributed by atoms with Crippen LogP contribution in [0, 0.1) is 5.41 Å². The van der Waals surface area contributed by atoms with E-state index in [0.29, 0.717) is 6.42 Å². The molecule has 0 amide bonds. The lowest BCUT2D eigenvalue weighted by molar-refractivity contribution is -0.114. The molecule has 1 rings (SSSR count). The van der Waals surface area contributed by atoms with Gasteiger partial charge in [0.15, 0.2) is 5.78 Å². The first-order valence-electron chi connectivity index (χ1n) is 10.5. The van der Waals surface area contributed by atoms with Gasteiger partial charge in [0.25, 0.3) is 0 Å². The SMILES string of the molecule is CCCCCCCCC(=O)C=Cc1cccc(C(O[Si](C)C)C(C)(C)C)c1. The number of hydrogen-bond acceptors (Lipinski definition) is 2. The normalized spacial score (nSPS) is 13.4. The molecular formula is C24H39O2Si. The van der Waals surface area contributed by atoms with Crippen LogP contribution in [-0.4, -0.2) is 14.8 Å². The molecule has 27 heavy (non-hydrogen) atoms. The molecule has 1 aromatic rings. The number of ketones is 1. The summed E-state index contributed by atoms with van der Waals surface area (Å²) in [6.45, 7) is 13.2. The summed E-state index contributed by atoms with van der Waals surface area (Å²) < 4.78 is 6.29. The highest BCUT2D eigenvalue weighted by Crippen LogP contribution is 2.36. The Kier molecular flexibility index (Phi) is 10.9. The standard InChI is InChI=1S/C24H39O2Si/c1-7-8-9-10-11-12-16-22(25)18-17-20-14-13-15-21(19-20)23(24(2,3)4)26-27(5)6/h13-15,17-19,23H,7-12,16H2,1-6H3. The zero-order chi connectivity index (χ0) is 20.3. The van der Waals surface area contributed by atoms with Crippen molar-refractivity contribution < 1.29 is 9.22 Å². The van der Waals surface area contributed by atoms with Crippen LogP contribution in [0.25, 0.3) is 6.08 Å². The van der Waals surface area contributed by atoms with Crippen molar-refractivity contribution >= 4 is 20.9 Å². The molecule has 0 heterocycles. The predicted octanol–water partition coefficient (Wildman–Crippen LogP) is 7.37. The van der Waals surface area contributed by atoms with Gasteiger partial charge in [-0.05, 0) is 48.2 Å². The molecule has 0 aliphatic rings. The van der Waals surface area contributed by atoms with E-state index in [2.05, 4.69) is 65.1 Å². The second-order valence-corrected chi connectivity index (χ2v) is 10.8. The van der Waals surface area contributed by atoms with Crippen LogP contribution < -0.4 is 0 Å². The molecule has 151 valence electrons. The fourth-order valence-corrected chi connectivity index (χ4v) is 4.12. The number of rotatable bonds is 12. The van der Waals surface area contributed by atoms with Gasteiger partial charge in [0.05, 0.1) is 6.10 Å². The van der Waals surface area contributed by atoms with E-state index < -0.39 is 9.04 Å². The zero-order valence-corrected chi connectivity index (χ0v) is 19.3. The van der Waals surface area contributed by atoms with Gasteiger partial charge in [-0.2, -0.15) is 0 Å². The average molecular weight is 388 g/mol. The molecule has 1 radical (unpaired) electrons. The van der Waals surface area contributed by atoms with Crippen LogP contribution in [0.15, 0.2) is 30.3 Å². The number of unbranched alkanes of at least 4 members (excludes halogenated alkanes) is 5. The summed E-state index contributed by atoms with van der Waals surface area (Å²) >= 11 is 0. The van der Waals surface area contributed by atoms with Crippen LogP contribution in [0.1, 0.15) is 89.9 Å². The summed E-state index contributed by atoms with van der Waals surface area (Å²) in [6, 6.07) is 8.42. The van der Waals surface area contributed by atoms with Gasteiger partial charge in [0, 0.05) is 6.42 Å². The summed E-state index contributed by atoms with van der Waals surface area (Å²) in [6.07, 6.45) is 11.7. The van der Waals surface area contributed by atoms with Crippen LogP contribution in [0.2, 0.25) is 13.1 Å². The number of benzene rings is 1. The topological polar surface area (TPSA) is 26.3 Å². The average Bonchev–Trinajstić information content (AvgIpc) is 2.60. The summed E-state index contributed by atoms with van der Waals surface area (Å²) in [5, 5.41) is 0. The molecule has 0 saturated heterocycles. The fraction of sp³-hybridized carbons (Fsp3) is 0.625. The number of hydrogen-bond donors (Lipinski definition) is 0. The lowest BCUT2D eigenvalue weighted by Gasteiger charge is -2.33. The van der Waals surface area contributed by atoms with Crippen molar-refractivity contribution in [2.45, 2.75) is 91.8 Å². The van der Waals surface area contributed by atoms with Gasteiger partial charge in [0.1, 0.15) is 0 Å². The van der Waals surface area contributed by atoms with Crippen LogP contribution >= 0.6 is 0 Å². The molecule has 0 N–H and O–H groups in total. The second-order valence-electron chi connectivity index (χ2n) is 8.76. The van der Waals surface area contributed by atoms with Gasteiger partial charge in [-0.15, -0.1) is 0 Å². The van der Waals surface area contributed by atoms with Crippen LogP contribution in [-0.2, 0) is 9.22 Å². The Morgan fingerprint density at radius 2 is 1.78 bits per heavy atom. The Bertz CT molecular complexity index is 584. The number of carbonyl (C=O) groups is 1. The first-order valence-corrected chi connectivity index (χ1v) is 12.9. The molecule has 3 heteroatoms. The molecule has 0 aliphatic heterocycles. The van der Waals surface area contributed by atoms with E-state index in [0.717, 1.165) is 18.4 Å². The third kappa shape index (κ3) is 10.1.